The third kappa shape index (κ3) is 4.56. The van der Waals surface area contributed by atoms with Gasteiger partial charge in [-0.15, -0.1) is 0 Å². The number of hydrogen-bond acceptors (Lipinski definition) is 6. The zero-order valence-electron chi connectivity index (χ0n) is 18.1. The van der Waals surface area contributed by atoms with Crippen LogP contribution in [0.1, 0.15) is 46.5 Å². The highest BCUT2D eigenvalue weighted by Gasteiger charge is 2.29. The van der Waals surface area contributed by atoms with Gasteiger partial charge in [-0.1, -0.05) is 0 Å². The van der Waals surface area contributed by atoms with E-state index >= 15 is 0 Å². The highest BCUT2D eigenvalue weighted by molar-refractivity contribution is 5.72. The fourth-order valence-electron chi connectivity index (χ4n) is 3.51. The molecule has 2 aromatic heterocycles. The number of aromatic amines is 1. The van der Waals surface area contributed by atoms with E-state index in [4.69, 9.17) is 0 Å². The Balaban J connectivity index is 1.74. The molecule has 2 aliphatic rings. The van der Waals surface area contributed by atoms with E-state index < -0.39 is 0 Å². The van der Waals surface area contributed by atoms with Gasteiger partial charge in [0.05, 0.1) is 0 Å². The number of nitrogens with one attached hydrogen (secondary N) is 3. The Bertz CT molecular complexity index is 1000. The molecule has 1 atom stereocenters. The van der Waals surface area contributed by atoms with Gasteiger partial charge >= 0.3 is 5.69 Å². The molecule has 0 aromatic carbocycles. The summed E-state index contributed by atoms with van der Waals surface area (Å²) in [5, 5.41) is 6.80. The van der Waals surface area contributed by atoms with Gasteiger partial charge in [0, 0.05) is 18.6 Å². The molecule has 2 aromatic rings. The fourth-order valence-corrected chi connectivity index (χ4v) is 3.51. The number of fused-ring (bicyclic) bond motifs is 1. The molecule has 0 spiro atoms. The molecule has 1 unspecified atom stereocenters. The molecular formula is C20H33N7O2. The van der Waals surface area contributed by atoms with Gasteiger partial charge in [0.2, 0.25) is 5.95 Å². The first-order chi connectivity index (χ1) is 13.6. The molecule has 0 aliphatic heterocycles. The molecule has 29 heavy (non-hydrogen) atoms. The first-order valence-electron chi connectivity index (χ1n) is 10.6. The maximum atomic E-state index is 13.1. The second-order valence-electron chi connectivity index (χ2n) is 9.88. The fraction of sp³-hybridized carbons (Fsp3) is 0.750. The van der Waals surface area contributed by atoms with Gasteiger partial charge < -0.3 is 10.3 Å². The summed E-state index contributed by atoms with van der Waals surface area (Å²) in [5.41, 5.74) is 0.251. The number of aromatic nitrogens is 4. The van der Waals surface area contributed by atoms with Crippen molar-refractivity contribution in [2.75, 3.05) is 19.4 Å². The zero-order valence-corrected chi connectivity index (χ0v) is 18.1. The molecule has 2 aliphatic carbocycles. The Morgan fingerprint density at radius 1 is 1.10 bits per heavy atom. The van der Waals surface area contributed by atoms with Crippen LogP contribution < -0.4 is 21.9 Å². The van der Waals surface area contributed by atoms with E-state index in [0.717, 1.165) is 25.7 Å². The normalized spacial score (nSPS) is 18.6. The minimum atomic E-state index is -0.269. The van der Waals surface area contributed by atoms with Crippen LogP contribution in [0.5, 0.6) is 0 Å². The van der Waals surface area contributed by atoms with Gasteiger partial charge in [-0.3, -0.25) is 24.1 Å². The molecule has 2 fully saturated rings. The lowest BCUT2D eigenvalue weighted by molar-refractivity contribution is 0.222. The van der Waals surface area contributed by atoms with E-state index in [1.54, 1.807) is 4.57 Å². The van der Waals surface area contributed by atoms with Crippen LogP contribution in [-0.2, 0) is 13.1 Å². The topological polar surface area (TPSA) is 100.0 Å². The molecule has 3 N–H and O–H groups in total. The Morgan fingerprint density at radius 3 is 2.21 bits per heavy atom. The molecule has 0 radical (unpaired) electrons. The van der Waals surface area contributed by atoms with Gasteiger partial charge in [0.25, 0.3) is 5.56 Å². The minimum absolute atomic E-state index is 0.112. The van der Waals surface area contributed by atoms with Crippen molar-refractivity contribution in [3.8, 4) is 0 Å². The molecule has 0 amide bonds. The Hall–Kier alpha value is -2.13. The van der Waals surface area contributed by atoms with Gasteiger partial charge in [-0.2, -0.15) is 4.98 Å². The molecule has 9 nitrogen and oxygen atoms in total. The lowest BCUT2D eigenvalue weighted by Crippen LogP contribution is -2.54. The molecule has 0 saturated heterocycles. The van der Waals surface area contributed by atoms with Crippen molar-refractivity contribution in [3.63, 3.8) is 0 Å². The molecule has 4 rings (SSSR count). The van der Waals surface area contributed by atoms with Gasteiger partial charge in [0.15, 0.2) is 11.2 Å². The highest BCUT2D eigenvalue weighted by atomic mass is 16.2. The number of H-pyrrole nitrogens is 1. The lowest BCUT2D eigenvalue weighted by Gasteiger charge is -2.33. The lowest BCUT2D eigenvalue weighted by atomic mass is 10.1. The number of anilines is 1. The van der Waals surface area contributed by atoms with E-state index in [1.165, 1.54) is 4.57 Å². The number of imidazole rings is 1. The Labute approximate surface area is 170 Å². The zero-order chi connectivity index (χ0) is 20.9. The number of nitrogens with zero attached hydrogens (tertiary/aromatic N) is 4. The average molecular weight is 404 g/mol. The maximum Gasteiger partial charge on any atom is 0.332 e. The molecule has 160 valence electrons. The smallest absolute Gasteiger partial charge is 0.328 e. The summed E-state index contributed by atoms with van der Waals surface area (Å²) in [5.74, 6) is 1.44. The van der Waals surface area contributed by atoms with Crippen molar-refractivity contribution in [1.82, 2.24) is 29.3 Å². The van der Waals surface area contributed by atoms with Crippen LogP contribution in [-0.4, -0.2) is 49.9 Å². The summed E-state index contributed by atoms with van der Waals surface area (Å²) in [7, 11) is 3.93. The predicted octanol–water partition coefficient (Wildman–Crippen LogP) is 1.35. The van der Waals surface area contributed by atoms with Crippen LogP contribution in [0, 0.1) is 11.8 Å². The second-order valence-corrected chi connectivity index (χ2v) is 9.88. The number of rotatable bonds is 8. The molecule has 2 heterocycles. The molecule has 9 heteroatoms. The third-order valence-corrected chi connectivity index (χ3v) is 5.50. The number of hydrogen-bond donors (Lipinski definition) is 3. The van der Waals surface area contributed by atoms with Crippen molar-refractivity contribution in [3.05, 3.63) is 20.8 Å². The molecule has 2 saturated carbocycles. The summed E-state index contributed by atoms with van der Waals surface area (Å²) in [6.45, 7) is 7.41. The van der Waals surface area contributed by atoms with Crippen molar-refractivity contribution >= 4 is 17.1 Å². The molecule has 0 bridgehead atoms. The van der Waals surface area contributed by atoms with Gasteiger partial charge in [-0.05, 0) is 72.4 Å². The third-order valence-electron chi connectivity index (χ3n) is 5.50. The summed E-state index contributed by atoms with van der Waals surface area (Å²) >= 11 is 0. The summed E-state index contributed by atoms with van der Waals surface area (Å²) < 4.78 is 3.10. The van der Waals surface area contributed by atoms with Crippen molar-refractivity contribution < 1.29 is 0 Å². The summed E-state index contributed by atoms with van der Waals surface area (Å²) in [6.07, 6.45) is 4.25. The molecular weight excluding hydrogens is 370 g/mol. The second kappa shape index (κ2) is 7.28. The first kappa shape index (κ1) is 20.2. The Kier molecular flexibility index (Phi) is 5.06. The summed E-state index contributed by atoms with van der Waals surface area (Å²) in [4.78, 5) is 35.9. The van der Waals surface area contributed by atoms with Crippen LogP contribution in [0.3, 0.4) is 0 Å². The van der Waals surface area contributed by atoms with Crippen molar-refractivity contribution in [2.24, 2.45) is 11.8 Å². The SMILES string of the molecule is CN(C)C(Nc1nc2c([nH]1)c(=O)n(CC1CC1)c(=O)n2CC1CC1)NC(C)(C)C. The van der Waals surface area contributed by atoms with Gasteiger partial charge in [0.1, 0.15) is 6.29 Å². The first-order valence-corrected chi connectivity index (χ1v) is 10.6. The van der Waals surface area contributed by atoms with Crippen LogP contribution in [0.4, 0.5) is 5.95 Å². The quantitative estimate of drug-likeness (QED) is 0.576. The largest absolute Gasteiger partial charge is 0.332 e. The minimum Gasteiger partial charge on any atom is -0.328 e. The van der Waals surface area contributed by atoms with E-state index in [0.29, 0.717) is 42.0 Å². The van der Waals surface area contributed by atoms with E-state index in [-0.39, 0.29) is 23.1 Å². The van der Waals surface area contributed by atoms with E-state index in [9.17, 15) is 9.59 Å². The van der Waals surface area contributed by atoms with Crippen molar-refractivity contribution in [2.45, 2.75) is 71.4 Å². The monoisotopic (exact) mass is 403 g/mol. The van der Waals surface area contributed by atoms with Crippen molar-refractivity contribution in [1.29, 1.82) is 0 Å². The Morgan fingerprint density at radius 2 is 1.69 bits per heavy atom. The van der Waals surface area contributed by atoms with Gasteiger partial charge in [-0.25, -0.2) is 4.79 Å². The van der Waals surface area contributed by atoms with Crippen LogP contribution in [0.25, 0.3) is 11.2 Å². The van der Waals surface area contributed by atoms with Crippen LogP contribution in [0.15, 0.2) is 9.59 Å². The average Bonchev–Trinajstić information content (AvgIpc) is 3.54. The maximum absolute atomic E-state index is 13.1. The van der Waals surface area contributed by atoms with E-state index in [2.05, 4.69) is 41.4 Å². The van der Waals surface area contributed by atoms with Crippen LogP contribution >= 0.6 is 0 Å². The predicted molar refractivity (Wildman–Crippen MR) is 114 cm³/mol. The van der Waals surface area contributed by atoms with Crippen LogP contribution in [0.2, 0.25) is 0 Å². The summed E-state index contributed by atoms with van der Waals surface area (Å²) in [6, 6.07) is 0. The van der Waals surface area contributed by atoms with E-state index in [1.807, 2.05) is 19.0 Å². The standard InChI is InChI=1S/C20H33N7O2/c1-20(2,3)24-18(25(4)5)23-17-21-14-15(22-17)26(10-12-6-7-12)19(29)27(16(14)28)11-13-8-9-13/h12-13,18,24H,6-11H2,1-5H3,(H2,21,22,23). The highest BCUT2D eigenvalue weighted by Crippen LogP contribution is 2.31.